The highest BCUT2D eigenvalue weighted by atomic mass is 16.6. The van der Waals surface area contributed by atoms with Gasteiger partial charge in [0, 0.05) is 6.04 Å². The Kier molecular flexibility index (Phi) is 4.16. The summed E-state index contributed by atoms with van der Waals surface area (Å²) < 4.78 is 4.43. The largest absolute Gasteiger partial charge is 0.447 e. The zero-order valence-electron chi connectivity index (χ0n) is 8.28. The Morgan fingerprint density at radius 2 is 2.00 bits per heavy atom. The lowest BCUT2D eigenvalue weighted by atomic mass is 9.84. The molecule has 0 aliphatic carbocycles. The zero-order valence-corrected chi connectivity index (χ0v) is 8.28. The van der Waals surface area contributed by atoms with E-state index in [0.29, 0.717) is 0 Å². The molecule has 0 bridgehead atoms. The first-order valence-electron chi connectivity index (χ1n) is 4.11. The van der Waals surface area contributed by atoms with Gasteiger partial charge in [0.1, 0.15) is 12.7 Å². The number of primary amides is 1. The predicted molar refractivity (Wildman–Crippen MR) is 49.0 cm³/mol. The molecule has 0 aliphatic heterocycles. The van der Waals surface area contributed by atoms with Gasteiger partial charge in [-0.3, -0.25) is 0 Å². The Bertz CT molecular complexity index is 177. The van der Waals surface area contributed by atoms with Crippen molar-refractivity contribution >= 4 is 6.09 Å². The van der Waals surface area contributed by atoms with Gasteiger partial charge < -0.3 is 21.3 Å². The molecule has 2 atom stereocenters. The second kappa shape index (κ2) is 4.43. The van der Waals surface area contributed by atoms with Crippen molar-refractivity contribution in [1.82, 2.24) is 0 Å². The van der Waals surface area contributed by atoms with Gasteiger partial charge in [0.05, 0.1) is 0 Å². The summed E-state index contributed by atoms with van der Waals surface area (Å²) in [6.45, 7) is 5.52. The number of ether oxygens (including phenoxy) is 1. The summed E-state index contributed by atoms with van der Waals surface area (Å²) >= 11 is 0. The molecule has 0 saturated carbocycles. The molecule has 5 N–H and O–H groups in total. The van der Waals surface area contributed by atoms with Crippen LogP contribution >= 0.6 is 0 Å². The van der Waals surface area contributed by atoms with E-state index in [1.807, 2.05) is 20.8 Å². The van der Waals surface area contributed by atoms with Gasteiger partial charge >= 0.3 is 6.09 Å². The van der Waals surface area contributed by atoms with Gasteiger partial charge in [-0.2, -0.15) is 0 Å². The first-order chi connectivity index (χ1) is 5.75. The summed E-state index contributed by atoms with van der Waals surface area (Å²) in [6.07, 6.45) is -1.78. The molecule has 0 heterocycles. The second-order valence-electron chi connectivity index (χ2n) is 4.09. The van der Waals surface area contributed by atoms with E-state index in [1.54, 1.807) is 0 Å². The van der Waals surface area contributed by atoms with E-state index in [-0.39, 0.29) is 12.0 Å². The summed E-state index contributed by atoms with van der Waals surface area (Å²) in [6, 6.07) is -0.452. The van der Waals surface area contributed by atoms with Gasteiger partial charge in [-0.25, -0.2) is 4.79 Å². The minimum atomic E-state index is -0.903. The topological polar surface area (TPSA) is 98.6 Å². The molecule has 5 nitrogen and oxygen atoms in total. The van der Waals surface area contributed by atoms with Crippen molar-refractivity contribution in [1.29, 1.82) is 0 Å². The van der Waals surface area contributed by atoms with Crippen LogP contribution in [0.25, 0.3) is 0 Å². The SMILES string of the molecule is CC(C)(C)[C@H](N)[C@H](O)COC(N)=O. The number of amides is 1. The minimum absolute atomic E-state index is 0.159. The van der Waals surface area contributed by atoms with Crippen LogP contribution < -0.4 is 11.5 Å². The summed E-state index contributed by atoms with van der Waals surface area (Å²) in [5, 5.41) is 9.44. The molecule has 0 aromatic carbocycles. The normalized spacial score (nSPS) is 16.4. The van der Waals surface area contributed by atoms with Crippen LogP contribution in [0.4, 0.5) is 4.79 Å². The summed E-state index contributed by atoms with van der Waals surface area (Å²) in [4.78, 5) is 10.2. The molecule has 0 aromatic rings. The Labute approximate surface area is 78.0 Å². The Morgan fingerprint density at radius 1 is 1.54 bits per heavy atom. The van der Waals surface area contributed by atoms with E-state index in [2.05, 4.69) is 4.74 Å². The van der Waals surface area contributed by atoms with E-state index >= 15 is 0 Å². The molecule has 0 aromatic heterocycles. The van der Waals surface area contributed by atoms with Crippen LogP contribution in [0.15, 0.2) is 0 Å². The van der Waals surface area contributed by atoms with Gasteiger partial charge in [0.15, 0.2) is 0 Å². The van der Waals surface area contributed by atoms with E-state index in [4.69, 9.17) is 11.5 Å². The first-order valence-corrected chi connectivity index (χ1v) is 4.11. The Balaban J connectivity index is 3.97. The van der Waals surface area contributed by atoms with Gasteiger partial charge in [0.2, 0.25) is 0 Å². The second-order valence-corrected chi connectivity index (χ2v) is 4.09. The van der Waals surface area contributed by atoms with Gasteiger partial charge in [-0.05, 0) is 5.41 Å². The lowest BCUT2D eigenvalue weighted by molar-refractivity contribution is 0.0308. The number of nitrogens with two attached hydrogens (primary N) is 2. The zero-order chi connectivity index (χ0) is 10.6. The third-order valence-corrected chi connectivity index (χ3v) is 1.81. The summed E-state index contributed by atoms with van der Waals surface area (Å²) in [5.41, 5.74) is 10.2. The number of hydrogen-bond acceptors (Lipinski definition) is 4. The molecule has 0 spiro atoms. The van der Waals surface area contributed by atoms with E-state index in [0.717, 1.165) is 0 Å². The van der Waals surface area contributed by atoms with Crippen LogP contribution in [0.3, 0.4) is 0 Å². The summed E-state index contributed by atoms with van der Waals surface area (Å²) in [5.74, 6) is 0. The molecule has 0 fully saturated rings. The third kappa shape index (κ3) is 4.69. The van der Waals surface area contributed by atoms with Crippen molar-refractivity contribution in [3.63, 3.8) is 0 Å². The van der Waals surface area contributed by atoms with Crippen LogP contribution in [0.2, 0.25) is 0 Å². The highest BCUT2D eigenvalue weighted by Crippen LogP contribution is 2.19. The fourth-order valence-corrected chi connectivity index (χ4v) is 0.848. The van der Waals surface area contributed by atoms with Crippen LogP contribution in [0.5, 0.6) is 0 Å². The molecule has 1 amide bonds. The lowest BCUT2D eigenvalue weighted by Crippen LogP contribution is -2.47. The van der Waals surface area contributed by atoms with E-state index in [9.17, 15) is 9.90 Å². The maximum atomic E-state index is 10.2. The fraction of sp³-hybridized carbons (Fsp3) is 0.875. The smallest absolute Gasteiger partial charge is 0.404 e. The number of hydrogen-bond donors (Lipinski definition) is 3. The van der Waals surface area contributed by atoms with Gasteiger partial charge in [0.25, 0.3) is 0 Å². The number of aliphatic hydroxyl groups is 1. The lowest BCUT2D eigenvalue weighted by Gasteiger charge is -2.30. The molecule has 5 heteroatoms. The number of rotatable bonds is 3. The maximum absolute atomic E-state index is 10.2. The van der Waals surface area contributed by atoms with Crippen molar-refractivity contribution in [3.05, 3.63) is 0 Å². The molecule has 0 radical (unpaired) electrons. The van der Waals surface area contributed by atoms with Crippen LogP contribution in [-0.4, -0.2) is 30.0 Å². The number of carbonyl (C=O) groups excluding carboxylic acids is 1. The summed E-state index contributed by atoms with van der Waals surface area (Å²) in [7, 11) is 0. The van der Waals surface area contributed by atoms with Crippen molar-refractivity contribution in [2.75, 3.05) is 6.61 Å². The van der Waals surface area contributed by atoms with Crippen molar-refractivity contribution in [3.8, 4) is 0 Å². The minimum Gasteiger partial charge on any atom is -0.447 e. The highest BCUT2D eigenvalue weighted by Gasteiger charge is 2.28. The van der Waals surface area contributed by atoms with Gasteiger partial charge in [-0.15, -0.1) is 0 Å². The van der Waals surface area contributed by atoms with Gasteiger partial charge in [-0.1, -0.05) is 20.8 Å². The molecule has 0 aliphatic rings. The molecular weight excluding hydrogens is 172 g/mol. The standard InChI is InChI=1S/C8H18N2O3/c1-8(2,3)6(9)5(11)4-13-7(10)12/h5-6,11H,4,9H2,1-3H3,(H2,10,12)/t5-,6-/m1/s1. The average molecular weight is 190 g/mol. The van der Waals surface area contributed by atoms with Crippen LogP contribution in [0, 0.1) is 5.41 Å². The molecular formula is C8H18N2O3. The first kappa shape index (κ1) is 12.2. The van der Waals surface area contributed by atoms with E-state index < -0.39 is 18.2 Å². The molecule has 0 saturated heterocycles. The predicted octanol–water partition coefficient (Wildman–Crippen LogP) is -0.184. The molecule has 0 unspecified atom stereocenters. The maximum Gasteiger partial charge on any atom is 0.404 e. The number of aliphatic hydroxyl groups excluding tert-OH is 1. The Hall–Kier alpha value is -0.810. The monoisotopic (exact) mass is 190 g/mol. The van der Waals surface area contributed by atoms with Crippen molar-refractivity contribution < 1.29 is 14.6 Å². The number of carbonyl (C=O) groups is 1. The molecule has 13 heavy (non-hydrogen) atoms. The average Bonchev–Trinajstić information content (AvgIpc) is 1.96. The quantitative estimate of drug-likeness (QED) is 0.574. The van der Waals surface area contributed by atoms with E-state index in [1.165, 1.54) is 0 Å². The van der Waals surface area contributed by atoms with Crippen LogP contribution in [0.1, 0.15) is 20.8 Å². The third-order valence-electron chi connectivity index (χ3n) is 1.81. The Morgan fingerprint density at radius 3 is 2.31 bits per heavy atom. The fourth-order valence-electron chi connectivity index (χ4n) is 0.848. The highest BCUT2D eigenvalue weighted by molar-refractivity contribution is 5.64. The van der Waals surface area contributed by atoms with Crippen molar-refractivity contribution in [2.24, 2.45) is 16.9 Å². The molecule has 0 rings (SSSR count). The van der Waals surface area contributed by atoms with Crippen LogP contribution in [-0.2, 0) is 4.74 Å². The molecule has 78 valence electrons. The van der Waals surface area contributed by atoms with Crippen molar-refractivity contribution in [2.45, 2.75) is 32.9 Å².